The van der Waals surface area contributed by atoms with Crippen molar-refractivity contribution in [1.29, 1.82) is 0 Å². The molecule has 1 amide bonds. The summed E-state index contributed by atoms with van der Waals surface area (Å²) >= 11 is 0. The van der Waals surface area contributed by atoms with Gasteiger partial charge >= 0.3 is 0 Å². The van der Waals surface area contributed by atoms with Gasteiger partial charge in [0.2, 0.25) is 5.91 Å². The van der Waals surface area contributed by atoms with E-state index in [0.29, 0.717) is 13.2 Å². The molecule has 0 saturated carbocycles. The number of nitrogens with one attached hydrogen (secondary N) is 2. The van der Waals surface area contributed by atoms with E-state index in [1.807, 2.05) is 29.2 Å². The van der Waals surface area contributed by atoms with Crippen molar-refractivity contribution in [2.24, 2.45) is 0 Å². The van der Waals surface area contributed by atoms with Crippen LogP contribution in [0.1, 0.15) is 0 Å². The smallest absolute Gasteiger partial charge is 0.272 e. The molecule has 1 saturated heterocycles. The monoisotopic (exact) mass is 287 g/mol. The molecule has 1 fully saturated rings. The number of carbonyl (C=O) groups excluding carboxylic acids is 1. The number of anilines is 1. The number of ether oxygens (including phenoxy) is 1. The van der Waals surface area contributed by atoms with Crippen LogP contribution in [0.2, 0.25) is 0 Å². The number of fused-ring (bicyclic) bond motifs is 1. The molecule has 6 heteroatoms. The van der Waals surface area contributed by atoms with Crippen LogP contribution < -0.4 is 10.9 Å². The lowest BCUT2D eigenvalue weighted by atomic mass is 10.2. The summed E-state index contributed by atoms with van der Waals surface area (Å²) in [4.78, 5) is 28.8. The zero-order valence-corrected chi connectivity index (χ0v) is 11.6. The summed E-state index contributed by atoms with van der Waals surface area (Å²) in [5.41, 5.74) is 0.754. The molecule has 1 aromatic heterocycles. The number of morpholine rings is 1. The molecule has 3 rings (SSSR count). The Morgan fingerprint density at radius 3 is 2.86 bits per heavy atom. The number of pyridine rings is 1. The van der Waals surface area contributed by atoms with Crippen molar-refractivity contribution >= 4 is 22.5 Å². The summed E-state index contributed by atoms with van der Waals surface area (Å²) in [7, 11) is 0. The topological polar surface area (TPSA) is 74.4 Å². The van der Waals surface area contributed by atoms with E-state index >= 15 is 0 Å². The molecular weight excluding hydrogens is 270 g/mol. The van der Waals surface area contributed by atoms with Crippen LogP contribution in [0.3, 0.4) is 0 Å². The van der Waals surface area contributed by atoms with Gasteiger partial charge in [-0.15, -0.1) is 0 Å². The molecule has 1 aliphatic heterocycles. The summed E-state index contributed by atoms with van der Waals surface area (Å²) in [5.74, 6) is -0.183. The lowest BCUT2D eigenvalue weighted by Gasteiger charge is -2.25. The van der Waals surface area contributed by atoms with Gasteiger partial charge in [0.15, 0.2) is 0 Å². The van der Waals surface area contributed by atoms with E-state index in [0.717, 1.165) is 24.0 Å². The molecule has 0 bridgehead atoms. The van der Waals surface area contributed by atoms with Gasteiger partial charge in [-0.25, -0.2) is 0 Å². The van der Waals surface area contributed by atoms with Crippen molar-refractivity contribution in [2.45, 2.75) is 0 Å². The van der Waals surface area contributed by atoms with Crippen LogP contribution >= 0.6 is 0 Å². The number of hydrogen-bond donors (Lipinski definition) is 2. The average Bonchev–Trinajstić information content (AvgIpc) is 2.49. The minimum atomic E-state index is -0.288. The van der Waals surface area contributed by atoms with Crippen LogP contribution in [0.4, 0.5) is 5.69 Å². The number of aromatic nitrogens is 1. The van der Waals surface area contributed by atoms with Crippen molar-refractivity contribution in [3.05, 3.63) is 40.7 Å². The van der Waals surface area contributed by atoms with Crippen LogP contribution in [-0.2, 0) is 9.53 Å². The lowest BCUT2D eigenvalue weighted by molar-refractivity contribution is -0.118. The van der Waals surface area contributed by atoms with Gasteiger partial charge < -0.3 is 15.0 Å². The normalized spacial score (nSPS) is 16.0. The third-order valence-electron chi connectivity index (χ3n) is 3.50. The number of nitrogens with zero attached hydrogens (tertiary/aromatic N) is 1. The van der Waals surface area contributed by atoms with E-state index in [2.05, 4.69) is 10.3 Å². The molecule has 2 aromatic rings. The number of carbonyl (C=O) groups is 1. The Bertz CT molecular complexity index is 705. The second-order valence-electron chi connectivity index (χ2n) is 5.04. The molecule has 6 nitrogen and oxygen atoms in total. The van der Waals surface area contributed by atoms with E-state index in [9.17, 15) is 9.59 Å². The van der Waals surface area contributed by atoms with E-state index in [4.69, 9.17) is 4.74 Å². The zero-order chi connectivity index (χ0) is 14.7. The van der Waals surface area contributed by atoms with Crippen molar-refractivity contribution < 1.29 is 9.53 Å². The molecule has 0 spiro atoms. The van der Waals surface area contributed by atoms with Crippen LogP contribution in [0.15, 0.2) is 35.1 Å². The van der Waals surface area contributed by atoms with Gasteiger partial charge in [0.05, 0.1) is 19.8 Å². The minimum absolute atomic E-state index is 0.183. The Kier molecular flexibility index (Phi) is 3.98. The molecule has 0 unspecified atom stereocenters. The Balaban J connectivity index is 1.73. The van der Waals surface area contributed by atoms with Gasteiger partial charge in [0.25, 0.3) is 5.56 Å². The van der Waals surface area contributed by atoms with Crippen LogP contribution in [0.5, 0.6) is 0 Å². The van der Waals surface area contributed by atoms with E-state index in [-0.39, 0.29) is 23.7 Å². The fraction of sp³-hybridized carbons (Fsp3) is 0.333. The number of benzene rings is 1. The van der Waals surface area contributed by atoms with Gasteiger partial charge in [0.1, 0.15) is 5.69 Å². The first kappa shape index (κ1) is 13.8. The molecule has 1 aromatic carbocycles. The van der Waals surface area contributed by atoms with E-state index in [1.165, 1.54) is 0 Å². The summed E-state index contributed by atoms with van der Waals surface area (Å²) < 4.78 is 5.24. The van der Waals surface area contributed by atoms with Gasteiger partial charge in [-0.2, -0.15) is 0 Å². The Morgan fingerprint density at radius 2 is 2.05 bits per heavy atom. The van der Waals surface area contributed by atoms with Gasteiger partial charge in [-0.1, -0.05) is 18.2 Å². The quantitative estimate of drug-likeness (QED) is 0.875. The number of hydrogen-bond acceptors (Lipinski definition) is 4. The highest BCUT2D eigenvalue weighted by atomic mass is 16.5. The van der Waals surface area contributed by atoms with Gasteiger partial charge in [-0.3, -0.25) is 14.5 Å². The summed E-state index contributed by atoms with van der Waals surface area (Å²) in [6, 6.07) is 9.17. The molecule has 0 aliphatic carbocycles. The van der Waals surface area contributed by atoms with Crippen molar-refractivity contribution in [2.75, 3.05) is 38.2 Å². The second-order valence-corrected chi connectivity index (χ2v) is 5.04. The minimum Gasteiger partial charge on any atom is -0.379 e. The second kappa shape index (κ2) is 6.07. The third kappa shape index (κ3) is 3.29. The summed E-state index contributed by atoms with van der Waals surface area (Å²) in [6.07, 6.45) is 0. The Hall–Kier alpha value is -2.18. The zero-order valence-electron chi connectivity index (χ0n) is 11.6. The van der Waals surface area contributed by atoms with Gasteiger partial charge in [-0.05, 0) is 12.1 Å². The molecular formula is C15H17N3O3. The highest BCUT2D eigenvalue weighted by molar-refractivity contribution is 5.94. The molecule has 1 aliphatic rings. The molecule has 2 N–H and O–H groups in total. The third-order valence-corrected chi connectivity index (χ3v) is 3.50. The number of para-hydroxylation sites is 1. The SMILES string of the molecule is O=C(CN1CCOCC1)Nc1cc2ccccc2[nH]c1=O. The van der Waals surface area contributed by atoms with Gasteiger partial charge in [0, 0.05) is 24.0 Å². The predicted molar refractivity (Wildman–Crippen MR) is 80.5 cm³/mol. The van der Waals surface area contributed by atoms with Crippen molar-refractivity contribution in [3.63, 3.8) is 0 Å². The fourth-order valence-electron chi connectivity index (χ4n) is 2.39. The molecule has 2 heterocycles. The standard InChI is InChI=1S/C15H17N3O3/c19-14(10-18-5-7-21-8-6-18)16-13-9-11-3-1-2-4-12(11)17-15(13)20/h1-4,9H,5-8,10H2,(H,16,19)(H,17,20). The average molecular weight is 287 g/mol. The van der Waals surface area contributed by atoms with E-state index in [1.54, 1.807) is 6.07 Å². The maximum atomic E-state index is 12.0. The maximum absolute atomic E-state index is 12.0. The first-order valence-corrected chi connectivity index (χ1v) is 6.94. The molecule has 0 radical (unpaired) electrons. The predicted octanol–water partition coefficient (Wildman–Crippen LogP) is 0.799. The largest absolute Gasteiger partial charge is 0.379 e. The number of aromatic amines is 1. The number of H-pyrrole nitrogens is 1. The number of amides is 1. The molecule has 0 atom stereocenters. The van der Waals surface area contributed by atoms with Crippen molar-refractivity contribution in [1.82, 2.24) is 9.88 Å². The Labute approximate surface area is 121 Å². The summed E-state index contributed by atoms with van der Waals surface area (Å²) in [5, 5.41) is 3.57. The summed E-state index contributed by atoms with van der Waals surface area (Å²) in [6.45, 7) is 3.03. The molecule has 21 heavy (non-hydrogen) atoms. The maximum Gasteiger partial charge on any atom is 0.272 e. The lowest BCUT2D eigenvalue weighted by Crippen LogP contribution is -2.41. The highest BCUT2D eigenvalue weighted by Crippen LogP contribution is 2.12. The Morgan fingerprint density at radius 1 is 1.29 bits per heavy atom. The van der Waals surface area contributed by atoms with E-state index < -0.39 is 0 Å². The van der Waals surface area contributed by atoms with Crippen LogP contribution in [0.25, 0.3) is 10.9 Å². The first-order chi connectivity index (χ1) is 10.2. The van der Waals surface area contributed by atoms with Crippen LogP contribution in [-0.4, -0.2) is 48.6 Å². The van der Waals surface area contributed by atoms with Crippen molar-refractivity contribution in [3.8, 4) is 0 Å². The first-order valence-electron chi connectivity index (χ1n) is 6.94. The molecule has 110 valence electrons. The highest BCUT2D eigenvalue weighted by Gasteiger charge is 2.15. The fourth-order valence-corrected chi connectivity index (χ4v) is 2.39. The number of rotatable bonds is 3. The van der Waals surface area contributed by atoms with Crippen LogP contribution in [0, 0.1) is 0 Å².